The number of carbonyl (C=O) groups is 1. The molecule has 0 aliphatic carbocycles. The fraction of sp³-hybridized carbons (Fsp3) is 0.500. The van der Waals surface area contributed by atoms with Crippen molar-refractivity contribution in [3.63, 3.8) is 0 Å². The Morgan fingerprint density at radius 3 is 2.88 bits per heavy atom. The molecule has 0 aromatic carbocycles. The van der Waals surface area contributed by atoms with Crippen LogP contribution in [0.1, 0.15) is 23.3 Å². The second kappa shape index (κ2) is 4.54. The molecule has 3 N–H and O–H groups in total. The number of nitrogens with zero attached hydrogens (tertiary/aromatic N) is 1. The zero-order chi connectivity index (χ0) is 12.4. The van der Waals surface area contributed by atoms with Crippen LogP contribution in [0.4, 0.5) is 0 Å². The third-order valence-corrected chi connectivity index (χ3v) is 2.84. The van der Waals surface area contributed by atoms with Crippen LogP contribution in [0.25, 0.3) is 0 Å². The molecule has 0 bridgehead atoms. The van der Waals surface area contributed by atoms with Gasteiger partial charge in [-0.3, -0.25) is 14.6 Å². The van der Waals surface area contributed by atoms with Crippen LogP contribution in [-0.2, 0) is 0 Å². The van der Waals surface area contributed by atoms with E-state index in [1.54, 1.807) is 0 Å². The molecule has 0 saturated carbocycles. The Balaban J connectivity index is 2.30. The van der Waals surface area contributed by atoms with Crippen LogP contribution in [0.15, 0.2) is 15.7 Å². The summed E-state index contributed by atoms with van der Waals surface area (Å²) in [6.07, 6.45) is 1.54. The number of hydrogen-bond acceptors (Lipinski definition) is 4. The molecule has 1 amide bonds. The number of H-pyrrole nitrogens is 2. The van der Waals surface area contributed by atoms with E-state index in [4.69, 9.17) is 5.11 Å². The third kappa shape index (κ3) is 2.28. The van der Waals surface area contributed by atoms with Crippen molar-refractivity contribution in [1.82, 2.24) is 14.9 Å². The van der Waals surface area contributed by atoms with Gasteiger partial charge in [0, 0.05) is 12.6 Å². The Labute approximate surface area is 96.1 Å². The van der Waals surface area contributed by atoms with E-state index in [2.05, 4.69) is 4.98 Å². The standard InChI is InChI=1S/C10H13N3O4/c14-5-6-2-1-3-13(6)9(16)7-4-8(15)12-10(17)11-7/h4,6,14H,1-3,5H2,(H2,11,12,15,17). The Morgan fingerprint density at radius 2 is 2.24 bits per heavy atom. The minimum Gasteiger partial charge on any atom is -0.394 e. The minimum absolute atomic E-state index is 0.0425. The molecule has 1 aromatic heterocycles. The maximum atomic E-state index is 12.0. The molecule has 17 heavy (non-hydrogen) atoms. The first-order chi connectivity index (χ1) is 8.11. The molecule has 1 aliphatic heterocycles. The predicted molar refractivity (Wildman–Crippen MR) is 58.8 cm³/mol. The van der Waals surface area contributed by atoms with Gasteiger partial charge in [-0.05, 0) is 12.8 Å². The van der Waals surface area contributed by atoms with Crippen LogP contribution in [0, 0.1) is 0 Å². The van der Waals surface area contributed by atoms with Gasteiger partial charge in [-0.2, -0.15) is 0 Å². The Morgan fingerprint density at radius 1 is 1.47 bits per heavy atom. The van der Waals surface area contributed by atoms with Crippen LogP contribution in [0.3, 0.4) is 0 Å². The van der Waals surface area contributed by atoms with Crippen molar-refractivity contribution in [2.24, 2.45) is 0 Å². The van der Waals surface area contributed by atoms with E-state index >= 15 is 0 Å². The van der Waals surface area contributed by atoms with Crippen LogP contribution in [-0.4, -0.2) is 45.1 Å². The van der Waals surface area contributed by atoms with Crippen molar-refractivity contribution < 1.29 is 9.90 Å². The van der Waals surface area contributed by atoms with Gasteiger partial charge in [-0.25, -0.2) is 4.79 Å². The number of aromatic nitrogens is 2. The van der Waals surface area contributed by atoms with Gasteiger partial charge >= 0.3 is 5.69 Å². The average Bonchev–Trinajstić information content (AvgIpc) is 2.74. The fourth-order valence-corrected chi connectivity index (χ4v) is 2.03. The minimum atomic E-state index is -0.708. The first kappa shape index (κ1) is 11.6. The molecule has 1 fully saturated rings. The van der Waals surface area contributed by atoms with E-state index in [1.807, 2.05) is 4.98 Å². The van der Waals surface area contributed by atoms with Crippen molar-refractivity contribution >= 4 is 5.91 Å². The van der Waals surface area contributed by atoms with Crippen molar-refractivity contribution in [3.8, 4) is 0 Å². The van der Waals surface area contributed by atoms with Crippen LogP contribution in [0.5, 0.6) is 0 Å². The maximum absolute atomic E-state index is 12.0. The third-order valence-electron chi connectivity index (χ3n) is 2.84. The molecule has 0 spiro atoms. The van der Waals surface area contributed by atoms with Gasteiger partial charge in [0.05, 0.1) is 12.6 Å². The Bertz CT molecular complexity index is 505. The summed E-state index contributed by atoms with van der Waals surface area (Å²) in [6, 6.07) is 0.821. The summed E-state index contributed by atoms with van der Waals surface area (Å²) in [6.45, 7) is 0.415. The second-order valence-electron chi connectivity index (χ2n) is 3.98. The summed E-state index contributed by atoms with van der Waals surface area (Å²) in [7, 11) is 0. The van der Waals surface area contributed by atoms with E-state index in [0.717, 1.165) is 18.9 Å². The van der Waals surface area contributed by atoms with Gasteiger partial charge in [0.25, 0.3) is 11.5 Å². The summed E-state index contributed by atoms with van der Waals surface area (Å²) < 4.78 is 0. The smallest absolute Gasteiger partial charge is 0.326 e. The number of rotatable bonds is 2. The number of likely N-dealkylation sites (tertiary alicyclic amines) is 1. The highest BCUT2D eigenvalue weighted by molar-refractivity contribution is 5.92. The lowest BCUT2D eigenvalue weighted by Gasteiger charge is -2.22. The van der Waals surface area contributed by atoms with E-state index < -0.39 is 17.2 Å². The van der Waals surface area contributed by atoms with E-state index in [-0.39, 0.29) is 18.3 Å². The lowest BCUT2D eigenvalue weighted by molar-refractivity contribution is 0.0671. The molecule has 7 nitrogen and oxygen atoms in total. The van der Waals surface area contributed by atoms with Gasteiger partial charge < -0.3 is 15.0 Å². The van der Waals surface area contributed by atoms with Gasteiger partial charge in [-0.1, -0.05) is 0 Å². The molecule has 7 heteroatoms. The normalized spacial score (nSPS) is 19.6. The quantitative estimate of drug-likeness (QED) is 0.593. The molecule has 1 atom stereocenters. The number of carbonyl (C=O) groups excluding carboxylic acids is 1. The molecule has 1 saturated heterocycles. The topological polar surface area (TPSA) is 106 Å². The molecule has 1 aromatic rings. The summed E-state index contributed by atoms with van der Waals surface area (Å²) in [5.41, 5.74) is -1.36. The monoisotopic (exact) mass is 239 g/mol. The van der Waals surface area contributed by atoms with Crippen LogP contribution in [0.2, 0.25) is 0 Å². The lowest BCUT2D eigenvalue weighted by Crippen LogP contribution is -2.39. The molecule has 2 rings (SSSR count). The summed E-state index contributed by atoms with van der Waals surface area (Å²) in [5.74, 6) is -0.426. The fourth-order valence-electron chi connectivity index (χ4n) is 2.03. The summed E-state index contributed by atoms with van der Waals surface area (Å²) in [4.78, 5) is 39.9. The van der Waals surface area contributed by atoms with Crippen molar-refractivity contribution in [1.29, 1.82) is 0 Å². The number of aliphatic hydroxyl groups excluding tert-OH is 1. The number of aromatic amines is 2. The molecule has 92 valence electrons. The predicted octanol–water partition coefficient (Wildman–Crippen LogP) is -1.34. The lowest BCUT2D eigenvalue weighted by atomic mass is 10.2. The summed E-state index contributed by atoms with van der Waals surface area (Å²) >= 11 is 0. The number of nitrogens with one attached hydrogen (secondary N) is 2. The van der Waals surface area contributed by atoms with Gasteiger partial charge in [0.2, 0.25) is 0 Å². The maximum Gasteiger partial charge on any atom is 0.326 e. The van der Waals surface area contributed by atoms with E-state index in [1.165, 1.54) is 4.90 Å². The van der Waals surface area contributed by atoms with Crippen molar-refractivity contribution in [2.45, 2.75) is 18.9 Å². The molecular formula is C10H13N3O4. The van der Waals surface area contributed by atoms with Gasteiger partial charge in [0.15, 0.2) is 0 Å². The van der Waals surface area contributed by atoms with Crippen LogP contribution >= 0.6 is 0 Å². The molecule has 1 aliphatic rings. The highest BCUT2D eigenvalue weighted by Crippen LogP contribution is 2.18. The van der Waals surface area contributed by atoms with E-state index in [0.29, 0.717) is 6.54 Å². The average molecular weight is 239 g/mol. The van der Waals surface area contributed by atoms with Crippen molar-refractivity contribution in [3.05, 3.63) is 32.6 Å². The Kier molecular flexibility index (Phi) is 3.10. The molecular weight excluding hydrogens is 226 g/mol. The number of aliphatic hydroxyl groups is 1. The van der Waals surface area contributed by atoms with Crippen molar-refractivity contribution in [2.75, 3.05) is 13.2 Å². The highest BCUT2D eigenvalue weighted by atomic mass is 16.3. The van der Waals surface area contributed by atoms with E-state index in [9.17, 15) is 14.4 Å². The first-order valence-corrected chi connectivity index (χ1v) is 5.37. The van der Waals surface area contributed by atoms with Gasteiger partial charge in [-0.15, -0.1) is 0 Å². The first-order valence-electron chi connectivity index (χ1n) is 5.37. The number of amides is 1. The zero-order valence-electron chi connectivity index (χ0n) is 9.10. The SMILES string of the molecule is O=C(c1cc(=O)[nH]c(=O)[nH]1)N1CCCC1CO. The Hall–Kier alpha value is -1.89. The molecule has 2 heterocycles. The summed E-state index contributed by atoms with van der Waals surface area (Å²) in [5, 5.41) is 9.11. The molecule has 0 radical (unpaired) electrons. The largest absolute Gasteiger partial charge is 0.394 e. The zero-order valence-corrected chi connectivity index (χ0v) is 9.10. The number of hydrogen-bond donors (Lipinski definition) is 3. The second-order valence-corrected chi connectivity index (χ2v) is 3.98. The molecule has 1 unspecified atom stereocenters. The van der Waals surface area contributed by atoms with Gasteiger partial charge in [0.1, 0.15) is 5.69 Å². The highest BCUT2D eigenvalue weighted by Gasteiger charge is 2.29. The van der Waals surface area contributed by atoms with Crippen LogP contribution < -0.4 is 11.2 Å².